The monoisotopic (exact) mass is 329 g/mol. The summed E-state index contributed by atoms with van der Waals surface area (Å²) >= 11 is 0. The summed E-state index contributed by atoms with van der Waals surface area (Å²) in [5.41, 5.74) is 1.11. The van der Waals surface area contributed by atoms with Crippen molar-refractivity contribution in [2.24, 2.45) is 0 Å². The highest BCUT2D eigenvalue weighted by Gasteiger charge is 2.26. The molecular weight excluding hydrogens is 306 g/mol. The van der Waals surface area contributed by atoms with Crippen LogP contribution in [0.1, 0.15) is 12.7 Å². The van der Waals surface area contributed by atoms with Crippen molar-refractivity contribution >= 4 is 11.7 Å². The summed E-state index contributed by atoms with van der Waals surface area (Å²) in [6.07, 6.45) is 1.54. The van der Waals surface area contributed by atoms with Gasteiger partial charge in [0.05, 0.1) is 31.6 Å². The van der Waals surface area contributed by atoms with Crippen LogP contribution in [0.2, 0.25) is 0 Å². The minimum absolute atomic E-state index is 0.0563. The quantitative estimate of drug-likeness (QED) is 0.916. The zero-order valence-corrected chi connectivity index (χ0v) is 14.1. The normalized spacial score (nSPS) is 16.2. The number of hydrogen-bond acceptors (Lipinski definition) is 4. The number of urea groups is 1. The van der Waals surface area contributed by atoms with Gasteiger partial charge in [-0.3, -0.25) is 0 Å². The summed E-state index contributed by atoms with van der Waals surface area (Å²) in [4.78, 5) is 16.1. The van der Waals surface area contributed by atoms with Gasteiger partial charge in [0.1, 0.15) is 17.6 Å². The highest BCUT2D eigenvalue weighted by Crippen LogP contribution is 2.32. The molecule has 1 aromatic carbocycles. The van der Waals surface area contributed by atoms with Crippen LogP contribution in [-0.2, 0) is 6.54 Å². The third-order valence-electron chi connectivity index (χ3n) is 4.12. The summed E-state index contributed by atoms with van der Waals surface area (Å²) in [5, 5.41) is 2.84. The first-order valence-corrected chi connectivity index (χ1v) is 8.19. The van der Waals surface area contributed by atoms with Crippen molar-refractivity contribution in [3.8, 4) is 5.75 Å². The lowest BCUT2D eigenvalue weighted by Gasteiger charge is -2.37. The number of amides is 2. The Balaban J connectivity index is 1.56. The predicted molar refractivity (Wildman–Crippen MR) is 92.3 cm³/mol. The van der Waals surface area contributed by atoms with Gasteiger partial charge in [-0.1, -0.05) is 12.1 Å². The second kappa shape index (κ2) is 7.29. The number of benzene rings is 1. The van der Waals surface area contributed by atoms with E-state index in [9.17, 15) is 4.79 Å². The maximum Gasteiger partial charge on any atom is 0.317 e. The number of furan rings is 1. The molecule has 0 fully saturated rings. The van der Waals surface area contributed by atoms with Crippen molar-refractivity contribution in [1.82, 2.24) is 10.2 Å². The Morgan fingerprint density at radius 3 is 2.92 bits per heavy atom. The van der Waals surface area contributed by atoms with Crippen molar-refractivity contribution in [1.29, 1.82) is 0 Å². The fourth-order valence-electron chi connectivity index (χ4n) is 2.87. The SMILES string of the molecule is CCN1CC(CN(C)C(=O)NCc2ccco2)Oc2ccccc21. The van der Waals surface area contributed by atoms with Gasteiger partial charge in [-0.05, 0) is 31.2 Å². The number of hydrogen-bond donors (Lipinski definition) is 1. The summed E-state index contributed by atoms with van der Waals surface area (Å²) in [6.45, 7) is 4.70. The highest BCUT2D eigenvalue weighted by molar-refractivity contribution is 5.73. The van der Waals surface area contributed by atoms with Gasteiger partial charge in [-0.2, -0.15) is 0 Å². The van der Waals surface area contributed by atoms with Crippen LogP contribution in [0.5, 0.6) is 5.75 Å². The molecule has 2 heterocycles. The third kappa shape index (κ3) is 3.64. The number of carbonyl (C=O) groups is 1. The molecule has 6 heteroatoms. The van der Waals surface area contributed by atoms with E-state index in [1.54, 1.807) is 24.3 Å². The molecule has 3 rings (SSSR count). The van der Waals surface area contributed by atoms with E-state index in [1.165, 1.54) is 0 Å². The Bertz CT molecular complexity index is 672. The standard InChI is InChI=1S/C18H23N3O3/c1-3-21-13-15(24-17-9-5-4-8-16(17)21)12-20(2)18(22)19-11-14-7-6-10-23-14/h4-10,15H,3,11-13H2,1-2H3,(H,19,22). The summed E-state index contributed by atoms with van der Waals surface area (Å²) < 4.78 is 11.3. The molecule has 2 aromatic rings. The molecule has 2 amide bonds. The van der Waals surface area contributed by atoms with Crippen molar-refractivity contribution in [2.45, 2.75) is 19.6 Å². The second-order valence-electron chi connectivity index (χ2n) is 5.86. The fourth-order valence-corrected chi connectivity index (χ4v) is 2.87. The van der Waals surface area contributed by atoms with E-state index in [1.807, 2.05) is 24.3 Å². The molecule has 24 heavy (non-hydrogen) atoms. The van der Waals surface area contributed by atoms with E-state index in [0.29, 0.717) is 13.1 Å². The summed E-state index contributed by atoms with van der Waals surface area (Å²) in [5.74, 6) is 1.61. The van der Waals surface area contributed by atoms with Crippen LogP contribution in [-0.4, -0.2) is 43.7 Å². The average Bonchev–Trinajstić information content (AvgIpc) is 3.12. The van der Waals surface area contributed by atoms with Gasteiger partial charge >= 0.3 is 6.03 Å². The van der Waals surface area contributed by atoms with Gasteiger partial charge in [-0.25, -0.2) is 4.79 Å². The first-order valence-electron chi connectivity index (χ1n) is 8.19. The molecule has 0 spiro atoms. The van der Waals surface area contributed by atoms with Crippen molar-refractivity contribution in [2.75, 3.05) is 31.6 Å². The summed E-state index contributed by atoms with van der Waals surface area (Å²) in [7, 11) is 1.78. The first kappa shape index (κ1) is 16.2. The molecule has 0 radical (unpaired) electrons. The molecule has 1 unspecified atom stereocenters. The molecule has 0 bridgehead atoms. The third-order valence-corrected chi connectivity index (χ3v) is 4.12. The fraction of sp³-hybridized carbons (Fsp3) is 0.389. The maximum absolute atomic E-state index is 12.2. The predicted octanol–water partition coefficient (Wildman–Crippen LogP) is 2.71. The van der Waals surface area contributed by atoms with E-state index in [-0.39, 0.29) is 12.1 Å². The van der Waals surface area contributed by atoms with E-state index in [0.717, 1.165) is 30.3 Å². The second-order valence-corrected chi connectivity index (χ2v) is 5.86. The van der Waals surface area contributed by atoms with Crippen LogP contribution in [0.15, 0.2) is 47.1 Å². The first-order chi connectivity index (χ1) is 11.7. The van der Waals surface area contributed by atoms with Gasteiger partial charge in [0, 0.05) is 13.6 Å². The Morgan fingerprint density at radius 1 is 1.33 bits per heavy atom. The number of ether oxygens (including phenoxy) is 1. The van der Waals surface area contributed by atoms with E-state index in [4.69, 9.17) is 9.15 Å². The largest absolute Gasteiger partial charge is 0.485 e. The van der Waals surface area contributed by atoms with Gasteiger partial charge in [0.15, 0.2) is 0 Å². The average molecular weight is 329 g/mol. The molecule has 1 aliphatic heterocycles. The number of rotatable bonds is 5. The maximum atomic E-state index is 12.2. The zero-order valence-electron chi connectivity index (χ0n) is 14.1. The Kier molecular flexibility index (Phi) is 4.93. The van der Waals surface area contributed by atoms with Gasteiger partial charge in [0.25, 0.3) is 0 Å². The summed E-state index contributed by atoms with van der Waals surface area (Å²) in [6, 6.07) is 11.5. The van der Waals surface area contributed by atoms with Crippen LogP contribution < -0.4 is 15.0 Å². The number of para-hydroxylation sites is 2. The molecule has 0 aliphatic carbocycles. The number of anilines is 1. The van der Waals surface area contributed by atoms with Crippen LogP contribution >= 0.6 is 0 Å². The van der Waals surface area contributed by atoms with Crippen LogP contribution in [0.3, 0.4) is 0 Å². The number of likely N-dealkylation sites (N-methyl/N-ethyl adjacent to an activating group) is 2. The number of nitrogens with one attached hydrogen (secondary N) is 1. The van der Waals surface area contributed by atoms with E-state index >= 15 is 0 Å². The number of nitrogens with zero attached hydrogens (tertiary/aromatic N) is 2. The molecule has 1 aromatic heterocycles. The number of fused-ring (bicyclic) bond motifs is 1. The molecule has 0 saturated heterocycles. The Morgan fingerprint density at radius 2 is 2.17 bits per heavy atom. The van der Waals surface area contributed by atoms with Gasteiger partial charge < -0.3 is 24.3 Å². The lowest BCUT2D eigenvalue weighted by atomic mass is 10.2. The van der Waals surface area contributed by atoms with E-state index < -0.39 is 0 Å². The Labute approximate surface area is 142 Å². The van der Waals surface area contributed by atoms with Crippen molar-refractivity contribution < 1.29 is 13.9 Å². The van der Waals surface area contributed by atoms with Crippen LogP contribution in [0, 0.1) is 0 Å². The van der Waals surface area contributed by atoms with E-state index in [2.05, 4.69) is 23.2 Å². The minimum Gasteiger partial charge on any atom is -0.485 e. The Hall–Kier alpha value is -2.63. The molecular formula is C18H23N3O3. The number of carbonyl (C=O) groups excluding carboxylic acids is 1. The molecule has 1 N–H and O–H groups in total. The molecule has 1 aliphatic rings. The van der Waals surface area contributed by atoms with Crippen molar-refractivity contribution in [3.63, 3.8) is 0 Å². The lowest BCUT2D eigenvalue weighted by molar-refractivity contribution is 0.144. The van der Waals surface area contributed by atoms with Crippen molar-refractivity contribution in [3.05, 3.63) is 48.4 Å². The zero-order chi connectivity index (χ0) is 16.9. The minimum atomic E-state index is -0.142. The molecule has 6 nitrogen and oxygen atoms in total. The van der Waals surface area contributed by atoms with Crippen LogP contribution in [0.25, 0.3) is 0 Å². The van der Waals surface area contributed by atoms with Gasteiger partial charge in [-0.15, -0.1) is 0 Å². The topological polar surface area (TPSA) is 58.0 Å². The smallest absolute Gasteiger partial charge is 0.317 e. The van der Waals surface area contributed by atoms with Gasteiger partial charge in [0.2, 0.25) is 0 Å². The lowest BCUT2D eigenvalue weighted by Crippen LogP contribution is -2.48. The molecule has 1 atom stereocenters. The van der Waals surface area contributed by atoms with Crippen LogP contribution in [0.4, 0.5) is 10.5 Å². The highest BCUT2D eigenvalue weighted by atomic mass is 16.5. The molecule has 0 saturated carbocycles. The molecule has 128 valence electrons.